The van der Waals surface area contributed by atoms with Gasteiger partial charge in [0.05, 0.1) is 23.6 Å². The first kappa shape index (κ1) is 18.8. The number of ether oxygens (including phenoxy) is 1. The Balaban J connectivity index is 1.64. The molecule has 1 N–H and O–H groups in total. The van der Waals surface area contributed by atoms with Gasteiger partial charge in [0.2, 0.25) is 10.0 Å². The number of tetrazole rings is 1. The maximum atomic E-state index is 12.6. The first-order valence-electron chi connectivity index (χ1n) is 8.90. The highest BCUT2D eigenvalue weighted by Crippen LogP contribution is 2.35. The molecule has 1 saturated carbocycles. The largest absolute Gasteiger partial charge is 0.494 e. The van der Waals surface area contributed by atoms with E-state index < -0.39 is 16.1 Å². The summed E-state index contributed by atoms with van der Waals surface area (Å²) < 4.78 is 35.2. The molecule has 1 aliphatic rings. The van der Waals surface area contributed by atoms with E-state index in [-0.39, 0.29) is 10.9 Å². The highest BCUT2D eigenvalue weighted by atomic mass is 32.2. The molecule has 1 aromatic heterocycles. The summed E-state index contributed by atoms with van der Waals surface area (Å²) in [6.45, 7) is 6.62. The van der Waals surface area contributed by atoms with Crippen molar-refractivity contribution in [3.8, 4) is 5.75 Å². The molecule has 1 aromatic carbocycles. The third-order valence-electron chi connectivity index (χ3n) is 4.23. The van der Waals surface area contributed by atoms with E-state index in [0.29, 0.717) is 24.1 Å². The Morgan fingerprint density at radius 2 is 1.92 bits per heavy atom. The summed E-state index contributed by atoms with van der Waals surface area (Å²) in [6, 6.07) is 6.21. The van der Waals surface area contributed by atoms with Crippen LogP contribution in [0.4, 0.5) is 0 Å². The van der Waals surface area contributed by atoms with Crippen molar-refractivity contribution in [2.45, 2.75) is 57.0 Å². The van der Waals surface area contributed by atoms with E-state index in [0.717, 1.165) is 19.3 Å². The molecule has 1 atom stereocenters. The molecule has 0 spiro atoms. The highest BCUT2D eigenvalue weighted by Gasteiger charge is 2.31. The SMILES string of the molecule is CC(C)CCOc1ccc(S(=O)(=O)N[C@@H](C)c2nnnn2C2CC2)cc1. The highest BCUT2D eigenvalue weighted by molar-refractivity contribution is 7.89. The lowest BCUT2D eigenvalue weighted by Crippen LogP contribution is -2.29. The summed E-state index contributed by atoms with van der Waals surface area (Å²) in [4.78, 5) is 0.186. The number of rotatable bonds is 9. The van der Waals surface area contributed by atoms with E-state index >= 15 is 0 Å². The van der Waals surface area contributed by atoms with Crippen molar-refractivity contribution in [3.63, 3.8) is 0 Å². The van der Waals surface area contributed by atoms with Crippen LogP contribution < -0.4 is 9.46 Å². The third kappa shape index (κ3) is 4.59. The smallest absolute Gasteiger partial charge is 0.241 e. The minimum absolute atomic E-state index is 0.186. The lowest BCUT2D eigenvalue weighted by atomic mass is 10.1. The Kier molecular flexibility index (Phi) is 5.57. The van der Waals surface area contributed by atoms with Crippen LogP contribution in [0.1, 0.15) is 57.9 Å². The number of hydrogen-bond donors (Lipinski definition) is 1. The molecule has 2 aromatic rings. The molecule has 0 bridgehead atoms. The zero-order valence-electron chi connectivity index (χ0n) is 15.3. The van der Waals surface area contributed by atoms with Gasteiger partial charge >= 0.3 is 0 Å². The molecular formula is C17H25N5O3S. The Hall–Kier alpha value is -2.00. The number of sulfonamides is 1. The first-order valence-corrected chi connectivity index (χ1v) is 10.4. The summed E-state index contributed by atoms with van der Waals surface area (Å²) in [5.41, 5.74) is 0. The van der Waals surface area contributed by atoms with Crippen LogP contribution in [0.3, 0.4) is 0 Å². The zero-order valence-corrected chi connectivity index (χ0v) is 16.1. The number of hydrogen-bond acceptors (Lipinski definition) is 6. The molecule has 1 aliphatic carbocycles. The molecule has 0 amide bonds. The van der Waals surface area contributed by atoms with Gasteiger partial charge in [-0.2, -0.15) is 0 Å². The first-order chi connectivity index (χ1) is 12.4. The number of aromatic nitrogens is 4. The summed E-state index contributed by atoms with van der Waals surface area (Å²) in [6.07, 6.45) is 3.00. The van der Waals surface area contributed by atoms with Crippen LogP contribution in [0, 0.1) is 5.92 Å². The summed E-state index contributed by atoms with van der Waals surface area (Å²) in [5, 5.41) is 11.6. The molecule has 26 heavy (non-hydrogen) atoms. The average Bonchev–Trinajstić information content (AvgIpc) is 3.31. The minimum Gasteiger partial charge on any atom is -0.494 e. The third-order valence-corrected chi connectivity index (χ3v) is 5.78. The van der Waals surface area contributed by atoms with Gasteiger partial charge in [0, 0.05) is 0 Å². The molecule has 1 fully saturated rings. The topological polar surface area (TPSA) is 99.0 Å². The van der Waals surface area contributed by atoms with Crippen molar-refractivity contribution in [2.75, 3.05) is 6.61 Å². The lowest BCUT2D eigenvalue weighted by molar-refractivity contribution is 0.289. The lowest BCUT2D eigenvalue weighted by Gasteiger charge is -2.14. The quantitative estimate of drug-likeness (QED) is 0.718. The maximum Gasteiger partial charge on any atom is 0.241 e. The van der Waals surface area contributed by atoms with Crippen molar-refractivity contribution < 1.29 is 13.2 Å². The Labute approximate surface area is 154 Å². The van der Waals surface area contributed by atoms with Crippen LogP contribution in [-0.4, -0.2) is 35.2 Å². The maximum absolute atomic E-state index is 12.6. The molecule has 9 heteroatoms. The molecule has 8 nitrogen and oxygen atoms in total. The second kappa shape index (κ2) is 7.71. The predicted molar refractivity (Wildman–Crippen MR) is 96.2 cm³/mol. The van der Waals surface area contributed by atoms with Crippen LogP contribution in [0.2, 0.25) is 0 Å². The summed E-state index contributed by atoms with van der Waals surface area (Å²) in [7, 11) is -3.67. The van der Waals surface area contributed by atoms with Crippen molar-refractivity contribution in [1.82, 2.24) is 24.9 Å². The molecule has 0 radical (unpaired) electrons. The van der Waals surface area contributed by atoms with Gasteiger partial charge in [0.25, 0.3) is 0 Å². The Bertz CT molecular complexity index is 828. The van der Waals surface area contributed by atoms with Crippen LogP contribution in [0.5, 0.6) is 5.75 Å². The Morgan fingerprint density at radius 3 is 2.54 bits per heavy atom. The van der Waals surface area contributed by atoms with Crippen LogP contribution >= 0.6 is 0 Å². The molecule has 0 aliphatic heterocycles. The van der Waals surface area contributed by atoms with Crippen molar-refractivity contribution in [2.24, 2.45) is 5.92 Å². The van der Waals surface area contributed by atoms with E-state index in [1.54, 1.807) is 35.9 Å². The van der Waals surface area contributed by atoms with E-state index in [1.807, 2.05) is 0 Å². The van der Waals surface area contributed by atoms with Gasteiger partial charge in [-0.15, -0.1) is 5.10 Å². The van der Waals surface area contributed by atoms with Gasteiger partial charge in [-0.25, -0.2) is 17.8 Å². The van der Waals surface area contributed by atoms with Gasteiger partial charge in [-0.1, -0.05) is 13.8 Å². The van der Waals surface area contributed by atoms with E-state index in [9.17, 15) is 8.42 Å². The van der Waals surface area contributed by atoms with Crippen LogP contribution in [0.25, 0.3) is 0 Å². The Morgan fingerprint density at radius 1 is 1.23 bits per heavy atom. The molecule has 142 valence electrons. The van der Waals surface area contributed by atoms with E-state index in [2.05, 4.69) is 34.1 Å². The summed E-state index contributed by atoms with van der Waals surface area (Å²) in [5.74, 6) is 1.76. The number of benzene rings is 1. The second-order valence-corrected chi connectivity index (χ2v) is 8.77. The summed E-state index contributed by atoms with van der Waals surface area (Å²) >= 11 is 0. The van der Waals surface area contributed by atoms with Crippen molar-refractivity contribution in [1.29, 1.82) is 0 Å². The predicted octanol–water partition coefficient (Wildman–Crippen LogP) is 2.47. The number of nitrogens with zero attached hydrogens (tertiary/aromatic N) is 4. The normalized spacial score (nSPS) is 16.0. The van der Waals surface area contributed by atoms with Gasteiger partial charge in [-0.05, 0) is 66.8 Å². The van der Waals surface area contributed by atoms with Gasteiger partial charge < -0.3 is 4.74 Å². The van der Waals surface area contributed by atoms with Gasteiger partial charge in [-0.3, -0.25) is 0 Å². The fourth-order valence-electron chi connectivity index (χ4n) is 2.55. The standard InChI is InChI=1S/C17H25N5O3S/c1-12(2)10-11-25-15-6-8-16(9-7-15)26(23,24)19-13(3)17-18-20-21-22(17)14-4-5-14/h6-9,12-14,19H,4-5,10-11H2,1-3H3/t13-/m0/s1. The zero-order chi connectivity index (χ0) is 18.7. The minimum atomic E-state index is -3.67. The fraction of sp³-hybridized carbons (Fsp3) is 0.588. The van der Waals surface area contributed by atoms with E-state index in [1.165, 1.54) is 0 Å². The molecule has 0 unspecified atom stereocenters. The fourth-order valence-corrected chi connectivity index (χ4v) is 3.75. The van der Waals surface area contributed by atoms with Crippen LogP contribution in [0.15, 0.2) is 29.2 Å². The van der Waals surface area contributed by atoms with Crippen molar-refractivity contribution in [3.05, 3.63) is 30.1 Å². The molecular weight excluding hydrogens is 354 g/mol. The molecule has 0 saturated heterocycles. The molecule has 3 rings (SSSR count). The van der Waals surface area contributed by atoms with Crippen molar-refractivity contribution >= 4 is 10.0 Å². The average molecular weight is 379 g/mol. The van der Waals surface area contributed by atoms with Gasteiger partial charge in [0.15, 0.2) is 5.82 Å². The monoisotopic (exact) mass is 379 g/mol. The van der Waals surface area contributed by atoms with E-state index in [4.69, 9.17) is 4.74 Å². The number of nitrogens with one attached hydrogen (secondary N) is 1. The van der Waals surface area contributed by atoms with Gasteiger partial charge in [0.1, 0.15) is 5.75 Å². The molecule has 1 heterocycles. The second-order valence-electron chi connectivity index (χ2n) is 7.06. The van der Waals surface area contributed by atoms with Crippen LogP contribution in [-0.2, 0) is 10.0 Å².